The molecule has 0 aliphatic carbocycles. The first kappa shape index (κ1) is 28.7. The van der Waals surface area contributed by atoms with Crippen LogP contribution in [0.2, 0.25) is 5.02 Å². The number of sulfonamides is 1. The molecule has 0 bridgehead atoms. The zero-order chi connectivity index (χ0) is 26.4. The fraction of sp³-hybridized carbons (Fsp3) is 0.462. The number of benzene rings is 2. The molecule has 9 heteroatoms. The highest BCUT2D eigenvalue weighted by Gasteiger charge is 2.30. The fourth-order valence-electron chi connectivity index (χ4n) is 3.55. The molecule has 0 spiro atoms. The molecule has 0 saturated carbocycles. The zero-order valence-corrected chi connectivity index (χ0v) is 22.9. The zero-order valence-electron chi connectivity index (χ0n) is 21.3. The molecule has 1 atom stereocenters. The van der Waals surface area contributed by atoms with Gasteiger partial charge >= 0.3 is 0 Å². The lowest BCUT2D eigenvalue weighted by atomic mass is 9.87. The molecule has 2 aromatic carbocycles. The largest absolute Gasteiger partial charge is 0.354 e. The minimum Gasteiger partial charge on any atom is -0.354 e. The van der Waals surface area contributed by atoms with Crippen molar-refractivity contribution in [2.24, 2.45) is 0 Å². The lowest BCUT2D eigenvalue weighted by molar-refractivity contribution is -0.139. The summed E-state index contributed by atoms with van der Waals surface area (Å²) in [7, 11) is -3.77. The Hall–Kier alpha value is -2.58. The van der Waals surface area contributed by atoms with Gasteiger partial charge in [-0.2, -0.15) is 0 Å². The first-order chi connectivity index (χ1) is 16.2. The van der Waals surface area contributed by atoms with E-state index in [1.165, 1.54) is 4.90 Å². The van der Waals surface area contributed by atoms with Crippen LogP contribution in [0.15, 0.2) is 48.5 Å². The van der Waals surface area contributed by atoms with Crippen LogP contribution in [0.5, 0.6) is 0 Å². The number of hydrogen-bond acceptors (Lipinski definition) is 4. The van der Waals surface area contributed by atoms with Crippen molar-refractivity contribution in [2.45, 2.75) is 59.0 Å². The molecule has 0 aliphatic heterocycles. The van der Waals surface area contributed by atoms with E-state index in [0.717, 1.165) is 28.1 Å². The summed E-state index contributed by atoms with van der Waals surface area (Å²) >= 11 is 6.12. The number of hydrogen-bond donors (Lipinski definition) is 1. The highest BCUT2D eigenvalue weighted by atomic mass is 35.5. The van der Waals surface area contributed by atoms with Gasteiger partial charge in [-0.05, 0) is 54.2 Å². The minimum absolute atomic E-state index is 0.0979. The Balaban J connectivity index is 2.38. The van der Waals surface area contributed by atoms with Crippen LogP contribution in [0.4, 0.5) is 5.69 Å². The summed E-state index contributed by atoms with van der Waals surface area (Å²) in [6.07, 6.45) is 1.82. The van der Waals surface area contributed by atoms with E-state index in [4.69, 9.17) is 11.6 Å². The average molecular weight is 522 g/mol. The lowest BCUT2D eigenvalue weighted by Gasteiger charge is -2.31. The Bertz CT molecular complexity index is 1130. The van der Waals surface area contributed by atoms with Crippen LogP contribution in [0.25, 0.3) is 0 Å². The molecule has 0 radical (unpaired) electrons. The monoisotopic (exact) mass is 521 g/mol. The van der Waals surface area contributed by atoms with Gasteiger partial charge in [0.05, 0.1) is 11.9 Å². The number of halogens is 1. The van der Waals surface area contributed by atoms with Gasteiger partial charge < -0.3 is 10.2 Å². The fourth-order valence-corrected chi connectivity index (χ4v) is 4.61. The van der Waals surface area contributed by atoms with Crippen molar-refractivity contribution in [3.63, 3.8) is 0 Å². The van der Waals surface area contributed by atoms with Gasteiger partial charge in [-0.3, -0.25) is 13.9 Å². The second-order valence-corrected chi connectivity index (χ2v) is 12.0. The third kappa shape index (κ3) is 8.25. The SMILES string of the molecule is CCCNC(=O)[C@@H](C)N(Cc1cccc(Cl)c1)C(=O)CN(c1ccc(C(C)(C)C)cc1)S(C)(=O)=O. The molecule has 35 heavy (non-hydrogen) atoms. The first-order valence-electron chi connectivity index (χ1n) is 11.6. The van der Waals surface area contributed by atoms with Gasteiger partial charge in [0, 0.05) is 18.1 Å². The van der Waals surface area contributed by atoms with Gasteiger partial charge in [0.2, 0.25) is 21.8 Å². The molecule has 0 saturated heterocycles. The quantitative estimate of drug-likeness (QED) is 0.503. The molecule has 7 nitrogen and oxygen atoms in total. The maximum Gasteiger partial charge on any atom is 0.244 e. The number of carbonyl (C=O) groups is 2. The molecule has 0 fully saturated rings. The highest BCUT2D eigenvalue weighted by molar-refractivity contribution is 7.92. The molecule has 192 valence electrons. The van der Waals surface area contributed by atoms with Gasteiger partial charge in [0.25, 0.3) is 0 Å². The molecular formula is C26H36ClN3O4S. The van der Waals surface area contributed by atoms with Crippen LogP contribution >= 0.6 is 11.6 Å². The summed E-state index contributed by atoms with van der Waals surface area (Å²) in [5.74, 6) is -0.794. The third-order valence-electron chi connectivity index (χ3n) is 5.66. The van der Waals surface area contributed by atoms with Gasteiger partial charge in [0.1, 0.15) is 12.6 Å². The Morgan fingerprint density at radius 2 is 1.71 bits per heavy atom. The van der Waals surface area contributed by atoms with Crippen LogP contribution in [0.1, 0.15) is 52.2 Å². The van der Waals surface area contributed by atoms with Crippen molar-refractivity contribution in [2.75, 3.05) is 23.7 Å². The molecule has 0 heterocycles. The summed E-state index contributed by atoms with van der Waals surface area (Å²) in [6, 6.07) is 13.3. The van der Waals surface area contributed by atoms with Crippen molar-refractivity contribution in [1.82, 2.24) is 10.2 Å². The second kappa shape index (κ2) is 11.9. The number of anilines is 1. The van der Waals surface area contributed by atoms with Gasteiger partial charge in [-0.15, -0.1) is 0 Å². The maximum absolute atomic E-state index is 13.5. The first-order valence-corrected chi connectivity index (χ1v) is 13.9. The Morgan fingerprint density at radius 3 is 2.23 bits per heavy atom. The van der Waals surface area contributed by atoms with E-state index >= 15 is 0 Å². The van der Waals surface area contributed by atoms with E-state index < -0.39 is 28.5 Å². The lowest BCUT2D eigenvalue weighted by Crippen LogP contribution is -2.51. The van der Waals surface area contributed by atoms with E-state index in [0.29, 0.717) is 17.3 Å². The summed E-state index contributed by atoms with van der Waals surface area (Å²) in [5, 5.41) is 3.32. The Morgan fingerprint density at radius 1 is 1.09 bits per heavy atom. The predicted molar refractivity (Wildman–Crippen MR) is 142 cm³/mol. The number of amides is 2. The Labute approximate surface area is 214 Å². The highest BCUT2D eigenvalue weighted by Crippen LogP contribution is 2.26. The maximum atomic E-state index is 13.5. The topological polar surface area (TPSA) is 86.8 Å². The van der Waals surface area contributed by atoms with E-state index in [-0.39, 0.29) is 17.9 Å². The molecule has 2 amide bonds. The van der Waals surface area contributed by atoms with E-state index in [9.17, 15) is 18.0 Å². The van der Waals surface area contributed by atoms with Crippen LogP contribution in [-0.4, -0.2) is 50.5 Å². The van der Waals surface area contributed by atoms with Crippen LogP contribution in [0, 0.1) is 0 Å². The second-order valence-electron chi connectivity index (χ2n) is 9.69. The van der Waals surface area contributed by atoms with Crippen molar-refractivity contribution in [3.8, 4) is 0 Å². The van der Waals surface area contributed by atoms with Crippen molar-refractivity contribution < 1.29 is 18.0 Å². The number of rotatable bonds is 10. The van der Waals surface area contributed by atoms with E-state index in [1.807, 2.05) is 25.1 Å². The molecule has 1 N–H and O–H groups in total. The standard InChI is InChI=1S/C26H36ClN3O4S/c1-7-15-28-25(32)19(2)29(17-20-9-8-10-22(27)16-20)24(31)18-30(35(6,33)34)23-13-11-21(12-14-23)26(3,4)5/h8-14,16,19H,7,15,17-18H2,1-6H3,(H,28,32)/t19-/m1/s1. The smallest absolute Gasteiger partial charge is 0.244 e. The van der Waals surface area contributed by atoms with Gasteiger partial charge in [0.15, 0.2) is 0 Å². The minimum atomic E-state index is -3.77. The van der Waals surface area contributed by atoms with Crippen LogP contribution in [0.3, 0.4) is 0 Å². The predicted octanol–water partition coefficient (Wildman–Crippen LogP) is 4.35. The summed E-state index contributed by atoms with van der Waals surface area (Å²) < 4.78 is 26.4. The molecule has 2 aromatic rings. The molecule has 2 rings (SSSR count). The van der Waals surface area contributed by atoms with E-state index in [2.05, 4.69) is 26.1 Å². The number of carbonyl (C=O) groups excluding carboxylic acids is 2. The normalized spacial score (nSPS) is 12.7. The Kier molecular flexibility index (Phi) is 9.75. The van der Waals surface area contributed by atoms with E-state index in [1.54, 1.807) is 37.3 Å². The molecule has 0 aliphatic rings. The average Bonchev–Trinajstić information content (AvgIpc) is 2.77. The van der Waals surface area contributed by atoms with Gasteiger partial charge in [-0.1, -0.05) is 63.6 Å². The van der Waals surface area contributed by atoms with Crippen molar-refractivity contribution >= 4 is 39.1 Å². The van der Waals surface area contributed by atoms with Gasteiger partial charge in [-0.25, -0.2) is 8.42 Å². The third-order valence-corrected chi connectivity index (χ3v) is 7.03. The molecule has 0 unspecified atom stereocenters. The number of nitrogens with one attached hydrogen (secondary N) is 1. The summed E-state index contributed by atoms with van der Waals surface area (Å²) in [5.41, 5.74) is 2.07. The van der Waals surface area contributed by atoms with Crippen LogP contribution in [-0.2, 0) is 31.6 Å². The molecule has 0 aromatic heterocycles. The summed E-state index contributed by atoms with van der Waals surface area (Å²) in [4.78, 5) is 27.6. The van der Waals surface area contributed by atoms with Crippen molar-refractivity contribution in [1.29, 1.82) is 0 Å². The number of nitrogens with zero attached hydrogens (tertiary/aromatic N) is 2. The summed E-state index contributed by atoms with van der Waals surface area (Å²) in [6.45, 7) is 9.94. The van der Waals surface area contributed by atoms with Crippen LogP contribution < -0.4 is 9.62 Å². The molecular weight excluding hydrogens is 486 g/mol. The van der Waals surface area contributed by atoms with Crippen molar-refractivity contribution in [3.05, 3.63) is 64.7 Å².